The van der Waals surface area contributed by atoms with E-state index in [1.807, 2.05) is 4.57 Å². The standard InChI is InChI=1S/C21H28F2N4O2S/c1-15(2)11-26-14-24-25-20(26)17-12-27(13-21(17)8-4-3-5-9-21)30(28,29)16-6-7-18(22)19(23)10-16/h6-7,10,14-15,17H,3-5,8-9,11-13H2,1-2H3. The van der Waals surface area contributed by atoms with Crippen LogP contribution in [-0.2, 0) is 16.6 Å². The minimum atomic E-state index is -3.94. The van der Waals surface area contributed by atoms with E-state index in [0.717, 1.165) is 62.7 Å². The van der Waals surface area contributed by atoms with Crippen molar-refractivity contribution in [2.24, 2.45) is 11.3 Å². The molecule has 1 aliphatic carbocycles. The first-order valence-corrected chi connectivity index (χ1v) is 12.0. The molecule has 2 fully saturated rings. The van der Waals surface area contributed by atoms with E-state index < -0.39 is 21.7 Å². The van der Waals surface area contributed by atoms with Gasteiger partial charge >= 0.3 is 0 Å². The second-order valence-corrected chi connectivity index (χ2v) is 11.0. The van der Waals surface area contributed by atoms with Crippen molar-refractivity contribution in [1.82, 2.24) is 19.1 Å². The van der Waals surface area contributed by atoms with Crippen molar-refractivity contribution in [1.29, 1.82) is 0 Å². The van der Waals surface area contributed by atoms with E-state index in [2.05, 4.69) is 24.0 Å². The Morgan fingerprint density at radius 2 is 1.90 bits per heavy atom. The Bertz CT molecular complexity index is 1020. The summed E-state index contributed by atoms with van der Waals surface area (Å²) in [5, 5.41) is 8.52. The second kappa shape index (κ2) is 8.00. The van der Waals surface area contributed by atoms with Crippen LogP contribution in [0.1, 0.15) is 57.7 Å². The molecule has 2 heterocycles. The lowest BCUT2D eigenvalue weighted by Gasteiger charge is -2.37. The summed E-state index contributed by atoms with van der Waals surface area (Å²) in [6, 6.07) is 2.77. The van der Waals surface area contributed by atoms with E-state index in [4.69, 9.17) is 0 Å². The lowest BCUT2D eigenvalue weighted by atomic mass is 9.67. The van der Waals surface area contributed by atoms with Crippen molar-refractivity contribution in [3.05, 3.63) is 42.0 Å². The summed E-state index contributed by atoms with van der Waals surface area (Å²) in [5.41, 5.74) is -0.203. The molecule has 0 radical (unpaired) electrons. The van der Waals surface area contributed by atoms with Crippen LogP contribution in [0.5, 0.6) is 0 Å². The Balaban J connectivity index is 1.71. The molecule has 1 spiro atoms. The summed E-state index contributed by atoms with van der Waals surface area (Å²) in [6.07, 6.45) is 6.81. The average Bonchev–Trinajstić information content (AvgIpc) is 3.29. The average molecular weight is 439 g/mol. The molecule has 6 nitrogen and oxygen atoms in total. The molecule has 1 aliphatic heterocycles. The van der Waals surface area contributed by atoms with Crippen molar-refractivity contribution in [2.75, 3.05) is 13.1 Å². The highest BCUT2D eigenvalue weighted by Gasteiger charge is 2.52. The minimum absolute atomic E-state index is 0.0703. The third kappa shape index (κ3) is 3.77. The molecule has 1 aromatic carbocycles. The molecule has 30 heavy (non-hydrogen) atoms. The van der Waals surface area contributed by atoms with Crippen LogP contribution in [0.4, 0.5) is 8.78 Å². The fourth-order valence-electron chi connectivity index (χ4n) is 5.08. The van der Waals surface area contributed by atoms with Crippen molar-refractivity contribution >= 4 is 10.0 Å². The summed E-state index contributed by atoms with van der Waals surface area (Å²) >= 11 is 0. The van der Waals surface area contributed by atoms with Crippen LogP contribution in [0.25, 0.3) is 0 Å². The zero-order valence-corrected chi connectivity index (χ0v) is 18.2. The summed E-state index contributed by atoms with van der Waals surface area (Å²) in [5.74, 6) is -1.05. The highest BCUT2D eigenvalue weighted by atomic mass is 32.2. The van der Waals surface area contributed by atoms with Gasteiger partial charge in [0.05, 0.1) is 4.90 Å². The number of hydrogen-bond donors (Lipinski definition) is 0. The van der Waals surface area contributed by atoms with Gasteiger partial charge in [0.1, 0.15) is 12.2 Å². The highest BCUT2D eigenvalue weighted by Crippen LogP contribution is 2.52. The molecule has 1 saturated carbocycles. The maximum absolute atomic E-state index is 13.7. The molecule has 0 bridgehead atoms. The Morgan fingerprint density at radius 3 is 2.57 bits per heavy atom. The predicted octanol–water partition coefficient (Wildman–Crippen LogP) is 3.95. The fraction of sp³-hybridized carbons (Fsp3) is 0.619. The molecule has 2 aromatic rings. The number of halogens is 2. The molecular formula is C21H28F2N4O2S. The van der Waals surface area contributed by atoms with Crippen LogP contribution in [0.3, 0.4) is 0 Å². The van der Waals surface area contributed by atoms with Crippen molar-refractivity contribution in [3.8, 4) is 0 Å². The van der Waals surface area contributed by atoms with Crippen LogP contribution in [0, 0.1) is 23.0 Å². The van der Waals surface area contributed by atoms with Crippen molar-refractivity contribution in [3.63, 3.8) is 0 Å². The van der Waals surface area contributed by atoms with E-state index in [-0.39, 0.29) is 22.8 Å². The Labute approximate surface area is 176 Å². The van der Waals surface area contributed by atoms with Crippen molar-refractivity contribution in [2.45, 2.75) is 63.3 Å². The van der Waals surface area contributed by atoms with Gasteiger partial charge in [0, 0.05) is 25.6 Å². The summed E-state index contributed by atoms with van der Waals surface area (Å²) < 4.78 is 57.2. The van der Waals surface area contributed by atoms with E-state index in [1.54, 1.807) is 6.33 Å². The first kappa shape index (κ1) is 21.4. The van der Waals surface area contributed by atoms with Crippen LogP contribution in [0.2, 0.25) is 0 Å². The smallest absolute Gasteiger partial charge is 0.243 e. The maximum atomic E-state index is 13.7. The molecule has 164 valence electrons. The van der Waals surface area contributed by atoms with Gasteiger partial charge in [0.15, 0.2) is 11.6 Å². The number of nitrogens with zero attached hydrogens (tertiary/aromatic N) is 4. The topological polar surface area (TPSA) is 68.1 Å². The zero-order chi connectivity index (χ0) is 21.5. The van der Waals surface area contributed by atoms with Crippen LogP contribution in [0.15, 0.2) is 29.4 Å². The second-order valence-electron chi connectivity index (χ2n) is 9.08. The quantitative estimate of drug-likeness (QED) is 0.709. The van der Waals surface area contributed by atoms with Crippen LogP contribution in [-0.4, -0.2) is 40.6 Å². The lowest BCUT2D eigenvalue weighted by Crippen LogP contribution is -2.34. The zero-order valence-electron chi connectivity index (χ0n) is 17.4. The van der Waals surface area contributed by atoms with Crippen LogP contribution >= 0.6 is 0 Å². The third-order valence-electron chi connectivity index (χ3n) is 6.51. The fourth-order valence-corrected chi connectivity index (χ4v) is 6.64. The van der Waals surface area contributed by atoms with Gasteiger partial charge in [-0.05, 0) is 42.4 Å². The van der Waals surface area contributed by atoms with Gasteiger partial charge in [-0.25, -0.2) is 17.2 Å². The van der Waals surface area contributed by atoms with Gasteiger partial charge in [-0.2, -0.15) is 4.31 Å². The highest BCUT2D eigenvalue weighted by molar-refractivity contribution is 7.89. The minimum Gasteiger partial charge on any atom is -0.317 e. The van der Waals surface area contributed by atoms with Gasteiger partial charge < -0.3 is 4.57 Å². The van der Waals surface area contributed by atoms with Gasteiger partial charge in [-0.1, -0.05) is 33.1 Å². The van der Waals surface area contributed by atoms with E-state index in [0.29, 0.717) is 12.5 Å². The molecule has 0 N–H and O–H groups in total. The van der Waals surface area contributed by atoms with Gasteiger partial charge in [0.25, 0.3) is 0 Å². The molecule has 1 aromatic heterocycles. The lowest BCUT2D eigenvalue weighted by molar-refractivity contribution is 0.175. The molecule has 0 amide bonds. The normalized spacial score (nSPS) is 22.2. The SMILES string of the molecule is CC(C)Cn1cnnc1C1CN(S(=O)(=O)c2ccc(F)c(F)c2)CC12CCCCC2. The van der Waals surface area contributed by atoms with Gasteiger partial charge in [-0.15, -0.1) is 10.2 Å². The number of rotatable bonds is 5. The predicted molar refractivity (Wildman–Crippen MR) is 108 cm³/mol. The van der Waals surface area contributed by atoms with Crippen LogP contribution < -0.4 is 0 Å². The third-order valence-corrected chi connectivity index (χ3v) is 8.32. The maximum Gasteiger partial charge on any atom is 0.243 e. The van der Waals surface area contributed by atoms with Gasteiger partial charge in [0.2, 0.25) is 10.0 Å². The molecule has 9 heteroatoms. The molecular weight excluding hydrogens is 410 g/mol. The molecule has 1 unspecified atom stereocenters. The first-order valence-electron chi connectivity index (χ1n) is 10.6. The summed E-state index contributed by atoms with van der Waals surface area (Å²) in [7, 11) is -3.94. The molecule has 1 atom stereocenters. The summed E-state index contributed by atoms with van der Waals surface area (Å²) in [4.78, 5) is -0.211. The van der Waals surface area contributed by atoms with Gasteiger partial charge in [-0.3, -0.25) is 0 Å². The van der Waals surface area contributed by atoms with E-state index in [9.17, 15) is 17.2 Å². The summed E-state index contributed by atoms with van der Waals surface area (Å²) in [6.45, 7) is 5.65. The largest absolute Gasteiger partial charge is 0.317 e. The monoisotopic (exact) mass is 438 g/mol. The Hall–Kier alpha value is -1.87. The Kier molecular flexibility index (Phi) is 5.69. The number of benzene rings is 1. The van der Waals surface area contributed by atoms with E-state index >= 15 is 0 Å². The molecule has 2 aliphatic rings. The molecule has 1 saturated heterocycles. The number of sulfonamides is 1. The number of aromatic nitrogens is 3. The molecule has 4 rings (SSSR count). The Morgan fingerprint density at radius 1 is 1.17 bits per heavy atom. The van der Waals surface area contributed by atoms with Crippen molar-refractivity contribution < 1.29 is 17.2 Å². The first-order chi connectivity index (χ1) is 14.2. The van der Waals surface area contributed by atoms with E-state index in [1.165, 1.54) is 4.31 Å². The number of hydrogen-bond acceptors (Lipinski definition) is 4.